The molecular weight excluding hydrogens is 297 g/mol. The zero-order valence-corrected chi connectivity index (χ0v) is 11.6. The van der Waals surface area contributed by atoms with E-state index in [0.29, 0.717) is 5.56 Å². The number of aromatic amines is 1. The zero-order valence-electron chi connectivity index (χ0n) is 10.8. The molecule has 8 heteroatoms. The van der Waals surface area contributed by atoms with Crippen molar-refractivity contribution in [3.05, 3.63) is 47.5 Å². The third-order valence-electron chi connectivity index (χ3n) is 2.55. The van der Waals surface area contributed by atoms with Gasteiger partial charge in [-0.2, -0.15) is 5.10 Å². The lowest BCUT2D eigenvalue weighted by molar-refractivity contribution is 0.350. The number of aliphatic hydroxyl groups excluding tert-OH is 1. The highest BCUT2D eigenvalue weighted by atomic mass is 32.2. The molecule has 110 valence electrons. The molecule has 21 heavy (non-hydrogen) atoms. The minimum Gasteiger partial charge on any atom is -0.384 e. The number of aromatic nitrogens is 2. The normalized spacial score (nSPS) is 11.0. The molecule has 0 bridgehead atoms. The van der Waals surface area contributed by atoms with Crippen molar-refractivity contribution in [2.45, 2.75) is 11.4 Å². The molecule has 0 saturated heterocycles. The molecule has 3 N–H and O–H groups in total. The van der Waals surface area contributed by atoms with E-state index in [4.69, 9.17) is 5.11 Å². The van der Waals surface area contributed by atoms with Gasteiger partial charge in [-0.15, -0.1) is 0 Å². The van der Waals surface area contributed by atoms with Crippen LogP contribution in [0, 0.1) is 17.7 Å². The van der Waals surface area contributed by atoms with Crippen LogP contribution >= 0.6 is 0 Å². The van der Waals surface area contributed by atoms with Crippen molar-refractivity contribution < 1.29 is 17.9 Å². The first-order valence-corrected chi connectivity index (χ1v) is 7.38. The topological polar surface area (TPSA) is 95.1 Å². The van der Waals surface area contributed by atoms with Gasteiger partial charge in [-0.25, -0.2) is 17.5 Å². The van der Waals surface area contributed by atoms with E-state index in [1.165, 1.54) is 6.20 Å². The Morgan fingerprint density at radius 2 is 2.24 bits per heavy atom. The molecule has 6 nitrogen and oxygen atoms in total. The Labute approximate surface area is 121 Å². The number of nitrogens with one attached hydrogen (secondary N) is 2. The summed E-state index contributed by atoms with van der Waals surface area (Å²) in [5, 5.41) is 14.9. The van der Waals surface area contributed by atoms with Crippen LogP contribution in [0.5, 0.6) is 0 Å². The number of hydrogen-bond acceptors (Lipinski definition) is 4. The van der Waals surface area contributed by atoms with Gasteiger partial charge in [-0.1, -0.05) is 11.8 Å². The van der Waals surface area contributed by atoms with E-state index in [1.54, 1.807) is 6.20 Å². The molecule has 0 atom stereocenters. The van der Waals surface area contributed by atoms with E-state index in [2.05, 4.69) is 26.8 Å². The first-order chi connectivity index (χ1) is 10.0. The Morgan fingerprint density at radius 3 is 2.90 bits per heavy atom. The molecule has 2 rings (SSSR count). The van der Waals surface area contributed by atoms with Gasteiger partial charge in [-0.05, 0) is 18.2 Å². The number of sulfonamides is 1. The van der Waals surface area contributed by atoms with Crippen LogP contribution in [0.2, 0.25) is 0 Å². The van der Waals surface area contributed by atoms with Crippen molar-refractivity contribution in [1.82, 2.24) is 14.9 Å². The van der Waals surface area contributed by atoms with E-state index in [-0.39, 0.29) is 17.0 Å². The summed E-state index contributed by atoms with van der Waals surface area (Å²) in [5.41, 5.74) is 0.646. The second kappa shape index (κ2) is 6.49. The highest BCUT2D eigenvalue weighted by molar-refractivity contribution is 7.89. The molecule has 0 saturated carbocycles. The predicted octanol–water partition coefficient (Wildman–Crippen LogP) is 0.371. The van der Waals surface area contributed by atoms with E-state index in [9.17, 15) is 12.8 Å². The maximum Gasteiger partial charge on any atom is 0.242 e. The van der Waals surface area contributed by atoms with Gasteiger partial charge in [0.15, 0.2) is 0 Å². The second-order valence-corrected chi connectivity index (χ2v) is 5.77. The number of H-pyrrole nitrogens is 1. The van der Waals surface area contributed by atoms with Gasteiger partial charge < -0.3 is 5.11 Å². The maximum absolute atomic E-state index is 13.2. The van der Waals surface area contributed by atoms with Crippen LogP contribution in [-0.4, -0.2) is 30.3 Å². The molecule has 0 amide bonds. The van der Waals surface area contributed by atoms with Crippen molar-refractivity contribution >= 4 is 10.0 Å². The lowest BCUT2D eigenvalue weighted by atomic mass is 10.2. The number of benzene rings is 1. The largest absolute Gasteiger partial charge is 0.384 e. The van der Waals surface area contributed by atoms with Gasteiger partial charge >= 0.3 is 0 Å². The SMILES string of the molecule is O=S(=O)(NCc1cn[nH]c1)c1ccc(F)cc1C#CCO. The third-order valence-corrected chi connectivity index (χ3v) is 4.01. The molecule has 0 aliphatic heterocycles. The van der Waals surface area contributed by atoms with Gasteiger partial charge in [-0.3, -0.25) is 5.10 Å². The third kappa shape index (κ3) is 3.88. The summed E-state index contributed by atoms with van der Waals surface area (Å²) in [4.78, 5) is -0.145. The molecule has 1 aromatic heterocycles. The highest BCUT2D eigenvalue weighted by Gasteiger charge is 2.18. The molecule has 0 aliphatic rings. The lowest BCUT2D eigenvalue weighted by Crippen LogP contribution is -2.24. The van der Waals surface area contributed by atoms with Crippen LogP contribution < -0.4 is 4.72 Å². The number of halogens is 1. The molecule has 0 fully saturated rings. The Balaban J connectivity index is 2.30. The van der Waals surface area contributed by atoms with Gasteiger partial charge in [0, 0.05) is 23.9 Å². The van der Waals surface area contributed by atoms with Crippen molar-refractivity contribution in [2.75, 3.05) is 6.61 Å². The molecule has 1 aromatic carbocycles. The average molecular weight is 309 g/mol. The summed E-state index contributed by atoms with van der Waals surface area (Å²) in [7, 11) is -3.86. The fraction of sp³-hybridized carbons (Fsp3) is 0.154. The number of nitrogens with zero attached hydrogens (tertiary/aromatic N) is 1. The molecule has 0 aliphatic carbocycles. The summed E-state index contributed by atoms with van der Waals surface area (Å²) < 4.78 is 40.0. The zero-order chi connectivity index (χ0) is 15.3. The predicted molar refractivity (Wildman–Crippen MR) is 73.0 cm³/mol. The Morgan fingerprint density at radius 1 is 1.43 bits per heavy atom. The summed E-state index contributed by atoms with van der Waals surface area (Å²) in [5.74, 6) is 4.13. The summed E-state index contributed by atoms with van der Waals surface area (Å²) in [6.07, 6.45) is 3.04. The van der Waals surface area contributed by atoms with Gasteiger partial charge in [0.05, 0.1) is 11.1 Å². The quantitative estimate of drug-likeness (QED) is 0.711. The highest BCUT2D eigenvalue weighted by Crippen LogP contribution is 2.16. The summed E-state index contributed by atoms with van der Waals surface area (Å²) >= 11 is 0. The van der Waals surface area contributed by atoms with E-state index >= 15 is 0 Å². The van der Waals surface area contributed by atoms with Crippen LogP contribution in [0.1, 0.15) is 11.1 Å². The fourth-order valence-corrected chi connectivity index (χ4v) is 2.76. The summed E-state index contributed by atoms with van der Waals surface area (Å²) in [6.45, 7) is -0.401. The first-order valence-electron chi connectivity index (χ1n) is 5.89. The summed E-state index contributed by atoms with van der Waals surface area (Å²) in [6, 6.07) is 3.18. The molecule has 0 spiro atoms. The number of aliphatic hydroxyl groups is 1. The molecular formula is C13H12FN3O3S. The van der Waals surface area contributed by atoms with Crippen LogP contribution in [-0.2, 0) is 16.6 Å². The maximum atomic E-state index is 13.2. The lowest BCUT2D eigenvalue weighted by Gasteiger charge is -2.08. The Bertz CT molecular complexity index is 777. The average Bonchev–Trinajstić information content (AvgIpc) is 2.96. The second-order valence-electron chi connectivity index (χ2n) is 4.03. The van der Waals surface area contributed by atoms with E-state index in [0.717, 1.165) is 18.2 Å². The van der Waals surface area contributed by atoms with Crippen molar-refractivity contribution in [3.63, 3.8) is 0 Å². The van der Waals surface area contributed by atoms with Gasteiger partial charge in [0.25, 0.3) is 0 Å². The Hall–Kier alpha value is -2.21. The van der Waals surface area contributed by atoms with Crippen molar-refractivity contribution in [1.29, 1.82) is 0 Å². The van der Waals surface area contributed by atoms with Gasteiger partial charge in [0.2, 0.25) is 10.0 Å². The monoisotopic (exact) mass is 309 g/mol. The first kappa shape index (κ1) is 15.2. The van der Waals surface area contributed by atoms with Crippen molar-refractivity contribution in [2.24, 2.45) is 0 Å². The number of hydrogen-bond donors (Lipinski definition) is 3. The van der Waals surface area contributed by atoms with E-state index in [1.807, 2.05) is 0 Å². The van der Waals surface area contributed by atoms with Gasteiger partial charge in [0.1, 0.15) is 12.4 Å². The van der Waals surface area contributed by atoms with Crippen molar-refractivity contribution in [3.8, 4) is 11.8 Å². The van der Waals surface area contributed by atoms with Crippen LogP contribution in [0.25, 0.3) is 0 Å². The molecule has 0 radical (unpaired) electrons. The van der Waals surface area contributed by atoms with Crippen LogP contribution in [0.3, 0.4) is 0 Å². The minimum absolute atomic E-state index is 0.0104. The molecule has 0 unspecified atom stereocenters. The van der Waals surface area contributed by atoms with Crippen LogP contribution in [0.15, 0.2) is 35.5 Å². The Kier molecular flexibility index (Phi) is 4.70. The van der Waals surface area contributed by atoms with E-state index < -0.39 is 22.4 Å². The van der Waals surface area contributed by atoms with Crippen LogP contribution in [0.4, 0.5) is 4.39 Å². The molecule has 2 aromatic rings. The molecule has 1 heterocycles. The minimum atomic E-state index is -3.86. The number of rotatable bonds is 4. The fourth-order valence-electron chi connectivity index (χ4n) is 1.60. The standard InChI is InChI=1S/C13H12FN3O3S/c14-12-3-4-13(11(6-12)2-1-5-18)21(19,20)17-9-10-7-15-16-8-10/h3-4,6-8,17-18H,5,9H2,(H,15,16). The smallest absolute Gasteiger partial charge is 0.242 e.